The SMILES string of the molecule is CC(=O)O[C@H](c1ccc(Br)cc1C(F)(F)F)[C@H]1OC(CO)[C@@H](OCc2ccccc2)C(OCc2ccccc2)C1OCc1ccccc1. The molecule has 1 N–H and O–H groups in total. The van der Waals surface area contributed by atoms with E-state index in [0.717, 1.165) is 29.7 Å². The molecule has 4 aromatic rings. The fourth-order valence-electron chi connectivity index (χ4n) is 5.72. The fraction of sp³-hybridized carbons (Fsp3) is 0.324. The zero-order chi connectivity index (χ0) is 34.1. The molecule has 1 heterocycles. The van der Waals surface area contributed by atoms with E-state index in [1.54, 1.807) is 0 Å². The minimum absolute atomic E-state index is 0.0328. The van der Waals surface area contributed by atoms with Gasteiger partial charge in [0.15, 0.2) is 6.10 Å². The molecule has 4 aromatic carbocycles. The Hall–Kier alpha value is -3.58. The number of alkyl halides is 3. The van der Waals surface area contributed by atoms with Crippen LogP contribution in [0.2, 0.25) is 0 Å². The molecule has 5 rings (SSSR count). The number of rotatable bonds is 13. The smallest absolute Gasteiger partial charge is 0.416 e. The fourth-order valence-corrected chi connectivity index (χ4v) is 6.08. The Kier molecular flexibility index (Phi) is 12.4. The van der Waals surface area contributed by atoms with E-state index in [-0.39, 0.29) is 29.9 Å². The quantitative estimate of drug-likeness (QED) is 0.142. The van der Waals surface area contributed by atoms with E-state index < -0.39 is 60.9 Å². The van der Waals surface area contributed by atoms with Gasteiger partial charge in [-0.05, 0) is 28.8 Å². The number of benzene rings is 4. The summed E-state index contributed by atoms with van der Waals surface area (Å²) in [5.74, 6) is -0.828. The van der Waals surface area contributed by atoms with Gasteiger partial charge in [-0.2, -0.15) is 13.2 Å². The number of aliphatic hydroxyl groups excluding tert-OH is 1. The highest BCUT2D eigenvalue weighted by Gasteiger charge is 2.53. The van der Waals surface area contributed by atoms with Crippen LogP contribution in [0.5, 0.6) is 0 Å². The predicted octanol–water partition coefficient (Wildman–Crippen LogP) is 7.59. The molecule has 0 bridgehead atoms. The number of carbonyl (C=O) groups excluding carboxylic acids is 1. The van der Waals surface area contributed by atoms with Crippen LogP contribution in [0.1, 0.15) is 40.8 Å². The molecule has 6 atom stereocenters. The molecule has 48 heavy (non-hydrogen) atoms. The lowest BCUT2D eigenvalue weighted by atomic mass is 9.87. The van der Waals surface area contributed by atoms with Gasteiger partial charge in [0.05, 0.1) is 32.0 Å². The minimum Gasteiger partial charge on any atom is -0.455 e. The van der Waals surface area contributed by atoms with Crippen LogP contribution in [0.3, 0.4) is 0 Å². The lowest BCUT2D eigenvalue weighted by molar-refractivity contribution is -0.287. The third kappa shape index (κ3) is 9.31. The summed E-state index contributed by atoms with van der Waals surface area (Å²) < 4.78 is 75.1. The van der Waals surface area contributed by atoms with E-state index in [9.17, 15) is 23.1 Å². The van der Waals surface area contributed by atoms with Gasteiger partial charge in [-0.15, -0.1) is 0 Å². The van der Waals surface area contributed by atoms with Crippen molar-refractivity contribution >= 4 is 21.9 Å². The topological polar surface area (TPSA) is 83.5 Å². The highest BCUT2D eigenvalue weighted by Crippen LogP contribution is 2.43. The molecule has 0 aromatic heterocycles. The Morgan fingerprint density at radius 3 is 1.71 bits per heavy atom. The first-order valence-corrected chi connectivity index (χ1v) is 16.2. The number of hydrogen-bond acceptors (Lipinski definition) is 7. The van der Waals surface area contributed by atoms with E-state index in [4.69, 9.17) is 23.7 Å². The number of halogens is 4. The third-order valence-electron chi connectivity index (χ3n) is 7.92. The summed E-state index contributed by atoms with van der Waals surface area (Å²) in [5, 5.41) is 10.6. The van der Waals surface area contributed by atoms with Crippen LogP contribution in [0, 0.1) is 0 Å². The average Bonchev–Trinajstić information content (AvgIpc) is 3.08. The first kappa shape index (κ1) is 35.7. The van der Waals surface area contributed by atoms with Gasteiger partial charge in [-0.3, -0.25) is 4.79 Å². The number of hydrogen-bond donors (Lipinski definition) is 1. The van der Waals surface area contributed by atoms with Gasteiger partial charge >= 0.3 is 12.1 Å². The van der Waals surface area contributed by atoms with Crippen LogP contribution in [-0.4, -0.2) is 48.2 Å². The van der Waals surface area contributed by atoms with Gasteiger partial charge in [0.1, 0.15) is 30.5 Å². The Labute approximate surface area is 285 Å². The van der Waals surface area contributed by atoms with Crippen molar-refractivity contribution in [1.82, 2.24) is 0 Å². The summed E-state index contributed by atoms with van der Waals surface area (Å²) in [6.45, 7) is 0.805. The highest BCUT2D eigenvalue weighted by atomic mass is 79.9. The van der Waals surface area contributed by atoms with Crippen LogP contribution in [0.4, 0.5) is 13.2 Å². The van der Waals surface area contributed by atoms with E-state index in [0.29, 0.717) is 0 Å². The van der Waals surface area contributed by atoms with Crippen molar-refractivity contribution in [3.8, 4) is 0 Å². The summed E-state index contributed by atoms with van der Waals surface area (Å²) in [4.78, 5) is 12.5. The second-order valence-corrected chi connectivity index (χ2v) is 12.3. The summed E-state index contributed by atoms with van der Waals surface area (Å²) >= 11 is 3.13. The van der Waals surface area contributed by atoms with Crippen LogP contribution < -0.4 is 0 Å². The number of aliphatic hydroxyl groups is 1. The van der Waals surface area contributed by atoms with Crippen molar-refractivity contribution in [2.75, 3.05) is 6.61 Å². The molecule has 7 nitrogen and oxygen atoms in total. The molecule has 0 aliphatic carbocycles. The van der Waals surface area contributed by atoms with Crippen molar-refractivity contribution in [3.63, 3.8) is 0 Å². The molecule has 0 spiro atoms. The highest BCUT2D eigenvalue weighted by molar-refractivity contribution is 9.10. The van der Waals surface area contributed by atoms with E-state index >= 15 is 0 Å². The summed E-state index contributed by atoms with van der Waals surface area (Å²) in [7, 11) is 0. The van der Waals surface area contributed by atoms with Gasteiger partial charge in [0.2, 0.25) is 0 Å². The van der Waals surface area contributed by atoms with Crippen molar-refractivity contribution in [1.29, 1.82) is 0 Å². The monoisotopic (exact) mass is 728 g/mol. The van der Waals surface area contributed by atoms with Crippen molar-refractivity contribution < 1.29 is 46.8 Å². The zero-order valence-corrected chi connectivity index (χ0v) is 27.7. The molecule has 1 aliphatic rings. The molecule has 1 saturated heterocycles. The Balaban J connectivity index is 1.60. The standard InChI is InChI=1S/C37H36BrF3O7/c1-24(43)47-32(29-18-17-28(38)19-30(29)37(39,40)41)36-35(46-23-27-15-9-4-10-16-27)34(45-22-26-13-7-3-8-14-26)33(31(20-42)48-36)44-21-25-11-5-2-6-12-25/h2-19,31-36,42H,20-23H2,1H3/t31?,32-,33-,34?,35?,36-/m1/s1. The maximum Gasteiger partial charge on any atom is 0.416 e. The molecule has 1 fully saturated rings. The van der Waals surface area contributed by atoms with E-state index in [2.05, 4.69) is 15.9 Å². The van der Waals surface area contributed by atoms with Gasteiger partial charge in [0, 0.05) is 17.0 Å². The Bertz CT molecular complexity index is 1590. The molecule has 0 radical (unpaired) electrons. The largest absolute Gasteiger partial charge is 0.455 e. The van der Waals surface area contributed by atoms with E-state index in [1.807, 2.05) is 91.0 Å². The number of ether oxygens (including phenoxy) is 5. The molecule has 11 heteroatoms. The molecule has 3 unspecified atom stereocenters. The molecular weight excluding hydrogens is 693 g/mol. The van der Waals surface area contributed by atoms with Crippen LogP contribution in [-0.2, 0) is 54.5 Å². The van der Waals surface area contributed by atoms with Crippen LogP contribution in [0.25, 0.3) is 0 Å². The molecule has 254 valence electrons. The van der Waals surface area contributed by atoms with Crippen molar-refractivity contribution in [3.05, 3.63) is 141 Å². The molecule has 0 amide bonds. The minimum atomic E-state index is -4.80. The first-order valence-electron chi connectivity index (χ1n) is 15.4. The van der Waals surface area contributed by atoms with E-state index in [1.165, 1.54) is 12.1 Å². The Morgan fingerprint density at radius 2 is 1.25 bits per heavy atom. The lowest BCUT2D eigenvalue weighted by Crippen LogP contribution is -2.62. The second kappa shape index (κ2) is 16.7. The van der Waals surface area contributed by atoms with Gasteiger partial charge in [0.25, 0.3) is 0 Å². The molecule has 1 aliphatic heterocycles. The summed E-state index contributed by atoms with van der Waals surface area (Å²) in [6, 6.07) is 31.5. The normalized spacial score (nSPS) is 21.8. The maximum atomic E-state index is 14.5. The summed E-state index contributed by atoms with van der Waals surface area (Å²) in [5.41, 5.74) is 1.11. The number of carbonyl (C=O) groups is 1. The van der Waals surface area contributed by atoms with Crippen molar-refractivity contribution in [2.45, 2.75) is 69.5 Å². The number of esters is 1. The summed E-state index contributed by atoms with van der Waals surface area (Å²) in [6.07, 6.45) is -11.9. The molecular formula is C37H36BrF3O7. The first-order chi connectivity index (χ1) is 23.1. The molecule has 0 saturated carbocycles. The van der Waals surface area contributed by atoms with Crippen molar-refractivity contribution in [2.24, 2.45) is 0 Å². The zero-order valence-electron chi connectivity index (χ0n) is 26.1. The predicted molar refractivity (Wildman–Crippen MR) is 174 cm³/mol. The van der Waals surface area contributed by atoms with Gasteiger partial charge in [-0.1, -0.05) is 113 Å². The Morgan fingerprint density at radius 1 is 0.771 bits per heavy atom. The maximum absolute atomic E-state index is 14.5. The van der Waals surface area contributed by atoms with Crippen LogP contribution >= 0.6 is 15.9 Å². The van der Waals surface area contributed by atoms with Gasteiger partial charge < -0.3 is 28.8 Å². The van der Waals surface area contributed by atoms with Crippen LogP contribution in [0.15, 0.2) is 114 Å². The van der Waals surface area contributed by atoms with Gasteiger partial charge in [-0.25, -0.2) is 0 Å². The average molecular weight is 730 g/mol. The lowest BCUT2D eigenvalue weighted by Gasteiger charge is -2.48. The third-order valence-corrected chi connectivity index (χ3v) is 8.42. The second-order valence-electron chi connectivity index (χ2n) is 11.4.